The van der Waals surface area contributed by atoms with Crippen LogP contribution in [0.3, 0.4) is 0 Å². The first-order valence-electron chi connectivity index (χ1n) is 32.3. The molecule has 9 nitrogen and oxygen atoms in total. The molecule has 2 aromatic heterocycles. The molecule has 9 aromatic rings. The lowest BCUT2D eigenvalue weighted by molar-refractivity contribution is -0.116. The summed E-state index contributed by atoms with van der Waals surface area (Å²) in [5.74, 6) is -111. The molecule has 7 aromatic carbocycles. The van der Waals surface area contributed by atoms with Gasteiger partial charge in [0.05, 0.1) is 95.7 Å². The summed E-state index contributed by atoms with van der Waals surface area (Å²) < 4.78 is 559. The van der Waals surface area contributed by atoms with E-state index in [1.54, 1.807) is 10.6 Å². The fourth-order valence-corrected chi connectivity index (χ4v) is 13.4. The molecule has 616 valence electrons. The number of hydrogen-bond acceptors (Lipinski definition) is 6. The quantitative estimate of drug-likeness (QED) is 0.0721. The van der Waals surface area contributed by atoms with Crippen LogP contribution < -0.4 is 21.3 Å². The van der Waals surface area contributed by atoms with Crippen molar-refractivity contribution < 1.29 is 163 Å². The molecule has 15 rings (SSSR count). The van der Waals surface area contributed by atoms with Gasteiger partial charge in [-0.1, -0.05) is 0 Å². The molecule has 8 heterocycles. The highest BCUT2D eigenvalue weighted by molar-refractivity contribution is 6.39. The van der Waals surface area contributed by atoms with Crippen LogP contribution in [0.15, 0.2) is 128 Å². The molecule has 44 heteroatoms. The maximum Gasteiger partial charge on any atom is 0.256 e. The van der Waals surface area contributed by atoms with Gasteiger partial charge in [-0.2, -0.15) is 0 Å². The molecule has 0 radical (unpaired) electrons. The number of H-pyrrole nitrogens is 2. The van der Waals surface area contributed by atoms with Gasteiger partial charge < -0.3 is 20.6 Å². The Morgan fingerprint density at radius 2 is 0.479 bits per heavy atom. The number of aliphatic imine (C=N–C) groups is 3. The Hall–Kier alpha value is -14.3. The second-order valence-electron chi connectivity index (χ2n) is 25.3. The highest BCUT2D eigenvalue weighted by Gasteiger charge is 2.45. The van der Waals surface area contributed by atoms with Crippen molar-refractivity contribution in [1.82, 2.24) is 20.6 Å². The second-order valence-corrected chi connectivity index (χ2v) is 25.3. The van der Waals surface area contributed by atoms with E-state index >= 15 is 158 Å². The third kappa shape index (κ3) is 12.0. The summed E-state index contributed by atoms with van der Waals surface area (Å²) in [6.45, 7) is 0. The van der Waals surface area contributed by atoms with E-state index in [1.807, 2.05) is 9.97 Å². The van der Waals surface area contributed by atoms with Crippen LogP contribution in [-0.4, -0.2) is 38.8 Å². The number of Topliss-reactive ketones (excluding diaryl/α,β-unsaturated/α-hetero) is 1. The van der Waals surface area contributed by atoms with Crippen molar-refractivity contribution >= 4 is 67.8 Å². The monoisotopic (exact) mass is 1740 g/mol. The first-order chi connectivity index (χ1) is 57.0. The number of amides is 1. The largest absolute Gasteiger partial charge is 0.357 e. The molecule has 14 bridgehead atoms. The number of halogens is 35. The van der Waals surface area contributed by atoms with E-state index in [0.29, 0.717) is 0 Å². The summed E-state index contributed by atoms with van der Waals surface area (Å²) >= 11 is 0. The van der Waals surface area contributed by atoms with Gasteiger partial charge in [-0.3, -0.25) is 9.59 Å². The normalized spacial score (nSPS) is 15.5. The van der Waals surface area contributed by atoms with E-state index in [9.17, 15) is 4.79 Å². The minimum absolute atomic E-state index is 0.0499. The number of carbonyl (C=O) groups excluding carboxylic acids is 2. The molecular weight excluding hydrogens is 1720 g/mol. The van der Waals surface area contributed by atoms with E-state index in [4.69, 9.17) is 0 Å². The zero-order valence-corrected chi connectivity index (χ0v) is 56.8. The van der Waals surface area contributed by atoms with Gasteiger partial charge in [0.15, 0.2) is 163 Å². The molecule has 6 aliphatic rings. The molecule has 0 fully saturated rings. The van der Waals surface area contributed by atoms with Crippen molar-refractivity contribution in [2.75, 3.05) is 0 Å². The van der Waals surface area contributed by atoms with Crippen LogP contribution in [0.1, 0.15) is 50.3 Å². The number of benzene rings is 7. The Kier molecular flexibility index (Phi) is 19.7. The average molecular weight is 1740 g/mol. The Labute approximate surface area is 642 Å². The van der Waals surface area contributed by atoms with Crippen LogP contribution in [0.25, 0.3) is 39.0 Å². The highest BCUT2D eigenvalue weighted by Crippen LogP contribution is 2.48. The molecule has 0 atom stereocenters. The van der Waals surface area contributed by atoms with Gasteiger partial charge >= 0.3 is 0 Å². The van der Waals surface area contributed by atoms with Crippen molar-refractivity contribution in [2.24, 2.45) is 15.0 Å². The average Bonchev–Trinajstić information content (AvgIpc) is 1.57. The number of aromatic nitrogens is 2. The van der Waals surface area contributed by atoms with Crippen molar-refractivity contribution in [2.45, 2.75) is 0 Å². The van der Waals surface area contributed by atoms with Crippen LogP contribution in [0.5, 0.6) is 0 Å². The number of nitrogens with zero attached hydrogens (tertiary/aromatic N) is 3. The first kappa shape index (κ1) is 81.9. The summed E-state index contributed by atoms with van der Waals surface area (Å²) in [5, 5.41) is 0.327. The maximum atomic E-state index is 16.7. The lowest BCUT2D eigenvalue weighted by atomic mass is 9.90. The Balaban J connectivity index is 1.17. The molecule has 121 heavy (non-hydrogen) atoms. The van der Waals surface area contributed by atoms with Gasteiger partial charge in [-0.05, 0) is 66.8 Å². The van der Waals surface area contributed by atoms with E-state index in [-0.39, 0.29) is 73.0 Å². The number of carbonyl (C=O) groups is 2. The topological polar surface area (TPSA) is 127 Å². The van der Waals surface area contributed by atoms with Crippen LogP contribution in [0.2, 0.25) is 0 Å². The molecule has 0 aliphatic carbocycles. The SMILES string of the molecule is O=C1NC2=C(c3c(F)c(F)c(F)c(F)c3F)C3=NC(=C(c4c(F)c(F)c(F)c(F)c4F)c4ccc([nH]4)C(c4c(F)c(F)c(F)c(F)c4F)=C4C=CC(=N4)C(c4c(F)c(F)c(F)c(F)c4F)=C4NC=C(C4=O)C(c4c(F)c(F)c(F)c(F)c4F)=C4C=CC(=N4)C(c4c(F)c(F)c(F)c(F)c4F)=c4ccc([nH]4)=C(c4c(F)c(F)c(F)c(F)c4F)C1=C2)C=C3. The van der Waals surface area contributed by atoms with Crippen LogP contribution in [-0.2, 0) is 9.59 Å². The van der Waals surface area contributed by atoms with Crippen molar-refractivity contribution in [3.05, 3.63) is 377 Å². The smallest absolute Gasteiger partial charge is 0.256 e. The zero-order chi connectivity index (χ0) is 88.0. The number of nitrogens with one attached hydrogen (secondary N) is 4. The van der Waals surface area contributed by atoms with E-state index in [1.165, 1.54) is 0 Å². The van der Waals surface area contributed by atoms with Crippen LogP contribution in [0.4, 0.5) is 154 Å². The number of aromatic amines is 2. The Morgan fingerprint density at radius 3 is 0.810 bits per heavy atom. The number of hydrogen-bond donors (Lipinski definition) is 4. The number of fused-ring (bicyclic) bond motifs is 10. The first-order valence-corrected chi connectivity index (χ1v) is 32.3. The molecule has 6 aliphatic heterocycles. The summed E-state index contributed by atoms with van der Waals surface area (Å²) in [6.07, 6.45) is 0.831. The summed E-state index contributed by atoms with van der Waals surface area (Å²) in [7, 11) is 0. The molecule has 0 saturated carbocycles. The molecule has 0 unspecified atom stereocenters. The fourth-order valence-electron chi connectivity index (χ4n) is 13.4. The van der Waals surface area contributed by atoms with E-state index in [2.05, 4.69) is 15.0 Å². The number of ketones is 1. The zero-order valence-electron chi connectivity index (χ0n) is 56.8. The predicted octanol–water partition coefficient (Wildman–Crippen LogP) is 18.2. The molecule has 0 spiro atoms. The van der Waals surface area contributed by atoms with Crippen molar-refractivity contribution in [1.29, 1.82) is 0 Å². The maximum absolute atomic E-state index is 16.7. The van der Waals surface area contributed by atoms with Gasteiger partial charge in [0.25, 0.3) is 5.91 Å². The van der Waals surface area contributed by atoms with Gasteiger partial charge in [0.1, 0.15) is 0 Å². The van der Waals surface area contributed by atoms with E-state index < -0.39 is 372 Å². The highest BCUT2D eigenvalue weighted by atomic mass is 19.2. The minimum Gasteiger partial charge on any atom is -0.357 e. The van der Waals surface area contributed by atoms with Crippen molar-refractivity contribution in [3.63, 3.8) is 0 Å². The van der Waals surface area contributed by atoms with Crippen LogP contribution in [0, 0.1) is 204 Å². The van der Waals surface area contributed by atoms with Crippen molar-refractivity contribution in [3.8, 4) is 0 Å². The van der Waals surface area contributed by atoms with Crippen LogP contribution >= 0.6 is 0 Å². The second kappa shape index (κ2) is 29.1. The fraction of sp³-hybridized carbons (Fsp3) is 0. The third-order valence-corrected chi connectivity index (χ3v) is 18.8. The summed E-state index contributed by atoms with van der Waals surface area (Å²) in [6, 6.07) is 0.850. The van der Waals surface area contributed by atoms with Gasteiger partial charge in [-0.15, -0.1) is 0 Å². The van der Waals surface area contributed by atoms with Gasteiger partial charge in [-0.25, -0.2) is 169 Å². The third-order valence-electron chi connectivity index (χ3n) is 18.8. The van der Waals surface area contributed by atoms with E-state index in [0.717, 1.165) is 0 Å². The van der Waals surface area contributed by atoms with Gasteiger partial charge in [0.2, 0.25) is 46.5 Å². The minimum atomic E-state index is -3.12. The predicted molar refractivity (Wildman–Crippen MR) is 344 cm³/mol. The summed E-state index contributed by atoms with van der Waals surface area (Å²) in [4.78, 5) is 45.5. The van der Waals surface area contributed by atoms with Gasteiger partial charge in [0, 0.05) is 67.3 Å². The molecule has 0 saturated heterocycles. The Morgan fingerprint density at radius 1 is 0.231 bits per heavy atom. The Bertz CT molecular complexity index is 6890. The lowest BCUT2D eigenvalue weighted by Crippen LogP contribution is -2.25. The molecular formula is C77H16F35N7O2. The number of allylic oxidation sites excluding steroid dienone is 11. The standard InChI is InChI=1S/C77H16F35N7O2/c78-40-33(41(79)55(93)68(106)54(40)92)26-13-11-25(119-77(13)121)31(38-50(88)64(102)73(111)65(103)51(38)89)23-8-7-21(117-23)29(36-46(84)60(98)71(109)61(99)47(36)85)19-5-6-20(116-19)30(37-48(86)62(100)72(110)63(101)49(37)87)22-9-10-24(118-22)32(39-52(90)66(104)74(112)67(105)53(39)91)75-76(120)14(12-113-75)27(34-42(80)56(94)69(107)57(95)43(34)81)16-2-4-18(115-16)28(17-3-1-15(26)114-17)35-44(82)58(96)70(108)59(97)45(35)83/h1-12,113-114,116H,(H,119,121). The molecule has 4 N–H and O–H groups in total. The lowest BCUT2D eigenvalue weighted by Gasteiger charge is -2.16. The number of rotatable bonds is 7. The summed E-state index contributed by atoms with van der Waals surface area (Å²) in [5.41, 5.74) is -50.4. The molecule has 1 amide bonds.